The van der Waals surface area contributed by atoms with Crippen molar-refractivity contribution in [3.63, 3.8) is 0 Å². The maximum Gasteiger partial charge on any atom is 1.00 e. The second-order valence-corrected chi connectivity index (χ2v) is 8.17. The van der Waals surface area contributed by atoms with Gasteiger partial charge in [-0.1, -0.05) is 78.9 Å². The van der Waals surface area contributed by atoms with Crippen molar-refractivity contribution in [2.45, 2.75) is 0 Å². The molecule has 7 rings (SSSR count). The first-order valence-corrected chi connectivity index (χ1v) is 11.5. The van der Waals surface area contributed by atoms with Gasteiger partial charge in [0.1, 0.15) is 0 Å². The van der Waals surface area contributed by atoms with Crippen LogP contribution in [-0.4, -0.2) is 15.0 Å². The molecule has 0 radical (unpaired) electrons. The van der Waals surface area contributed by atoms with Gasteiger partial charge in [-0.2, -0.15) is 6.20 Å². The van der Waals surface area contributed by atoms with E-state index in [0.29, 0.717) is 0 Å². The van der Waals surface area contributed by atoms with Gasteiger partial charge in [0.05, 0.1) is 16.9 Å². The van der Waals surface area contributed by atoms with Gasteiger partial charge in [-0.15, -0.1) is 5.52 Å². The Morgan fingerprint density at radius 2 is 1.14 bits per heavy atom. The van der Waals surface area contributed by atoms with Crippen molar-refractivity contribution in [3.8, 4) is 22.5 Å². The third-order valence-corrected chi connectivity index (χ3v) is 6.03. The molecule has 0 bridgehead atoms. The van der Waals surface area contributed by atoms with Crippen LogP contribution >= 0.6 is 0 Å². The summed E-state index contributed by atoms with van der Waals surface area (Å²) in [6, 6.07) is 34.7. The molecule has 0 atom stereocenters. The fraction of sp³-hybridized carbons (Fsp3) is 0. The van der Waals surface area contributed by atoms with Crippen LogP contribution in [0.25, 0.3) is 55.1 Å². The van der Waals surface area contributed by atoms with Crippen molar-refractivity contribution in [2.24, 2.45) is 0 Å². The fourth-order valence-corrected chi connectivity index (χ4v) is 4.38. The SMILES string of the molecule is [Cu+].c1cc(-c2cccc3c2ncc2ccccc23)c2[n-]ccc2c1.c1ccc(-c2ccccn2)nc1. The van der Waals surface area contributed by atoms with E-state index in [1.165, 1.54) is 21.5 Å². The third-order valence-electron chi connectivity index (χ3n) is 6.03. The van der Waals surface area contributed by atoms with E-state index in [9.17, 15) is 0 Å². The van der Waals surface area contributed by atoms with Gasteiger partial charge < -0.3 is 4.98 Å². The van der Waals surface area contributed by atoms with E-state index < -0.39 is 0 Å². The molecule has 0 unspecified atom stereocenters. The molecule has 0 fully saturated rings. The molecule has 36 heavy (non-hydrogen) atoms. The van der Waals surface area contributed by atoms with Gasteiger partial charge in [0.2, 0.25) is 0 Å². The summed E-state index contributed by atoms with van der Waals surface area (Å²) >= 11 is 0. The second-order valence-electron chi connectivity index (χ2n) is 8.17. The van der Waals surface area contributed by atoms with Crippen LogP contribution in [0.5, 0.6) is 0 Å². The summed E-state index contributed by atoms with van der Waals surface area (Å²) in [4.78, 5) is 17.7. The molecule has 0 aliphatic heterocycles. The Kier molecular flexibility index (Phi) is 6.85. The smallest absolute Gasteiger partial charge is 0.663 e. The van der Waals surface area contributed by atoms with Crippen LogP contribution in [0.2, 0.25) is 0 Å². The van der Waals surface area contributed by atoms with Crippen LogP contribution in [0.4, 0.5) is 0 Å². The summed E-state index contributed by atoms with van der Waals surface area (Å²) in [6.07, 6.45) is 7.36. The van der Waals surface area contributed by atoms with Gasteiger partial charge in [0, 0.05) is 34.9 Å². The van der Waals surface area contributed by atoms with Crippen LogP contribution in [0, 0.1) is 0 Å². The average Bonchev–Trinajstić information content (AvgIpc) is 3.43. The number of aromatic nitrogens is 4. The van der Waals surface area contributed by atoms with E-state index in [-0.39, 0.29) is 17.1 Å². The molecule has 0 aliphatic carbocycles. The normalized spacial score (nSPS) is 10.6. The Labute approximate surface area is 219 Å². The molecule has 4 aromatic heterocycles. The average molecular weight is 513 g/mol. The Morgan fingerprint density at radius 1 is 0.500 bits per heavy atom. The summed E-state index contributed by atoms with van der Waals surface area (Å²) in [5.74, 6) is 0. The Balaban J connectivity index is 0.000000175. The molecule has 3 aromatic carbocycles. The Bertz CT molecular complexity index is 1710. The van der Waals surface area contributed by atoms with Gasteiger partial charge >= 0.3 is 17.1 Å². The quantitative estimate of drug-likeness (QED) is 0.180. The summed E-state index contributed by atoms with van der Waals surface area (Å²) in [5.41, 5.74) is 6.17. The summed E-state index contributed by atoms with van der Waals surface area (Å²) in [5, 5.41) is 4.76. The van der Waals surface area contributed by atoms with E-state index in [4.69, 9.17) is 4.98 Å². The maximum absolute atomic E-state index is 4.75. The van der Waals surface area contributed by atoms with Crippen molar-refractivity contribution in [3.05, 3.63) is 128 Å². The molecule has 0 saturated carbocycles. The maximum atomic E-state index is 4.75. The molecule has 4 nitrogen and oxygen atoms in total. The predicted octanol–water partition coefficient (Wildman–Crippen LogP) is 7.31. The molecule has 176 valence electrons. The molecule has 4 heterocycles. The molecule has 0 N–H and O–H groups in total. The van der Waals surface area contributed by atoms with Gasteiger partial charge in [-0.25, -0.2) is 0 Å². The number of hydrogen-bond donors (Lipinski definition) is 0. The van der Waals surface area contributed by atoms with Gasteiger partial charge in [-0.05, 0) is 40.6 Å². The molecular weight excluding hydrogens is 492 g/mol. The van der Waals surface area contributed by atoms with Crippen LogP contribution in [0.3, 0.4) is 0 Å². The number of benzene rings is 3. The van der Waals surface area contributed by atoms with Crippen molar-refractivity contribution in [1.82, 2.24) is 19.9 Å². The zero-order valence-electron chi connectivity index (χ0n) is 19.2. The van der Waals surface area contributed by atoms with Crippen LogP contribution < -0.4 is 4.98 Å². The number of hydrogen-bond acceptors (Lipinski definition) is 3. The minimum Gasteiger partial charge on any atom is -0.663 e. The first kappa shape index (κ1) is 23.4. The molecule has 7 aromatic rings. The number of pyridine rings is 3. The van der Waals surface area contributed by atoms with E-state index in [0.717, 1.165) is 33.5 Å². The first-order chi connectivity index (χ1) is 17.4. The zero-order valence-corrected chi connectivity index (χ0v) is 20.2. The van der Waals surface area contributed by atoms with Crippen LogP contribution in [-0.2, 0) is 17.1 Å². The minimum absolute atomic E-state index is 0. The zero-order chi connectivity index (χ0) is 23.5. The van der Waals surface area contributed by atoms with Gasteiger partial charge in [-0.3, -0.25) is 15.0 Å². The van der Waals surface area contributed by atoms with Crippen molar-refractivity contribution >= 4 is 32.6 Å². The van der Waals surface area contributed by atoms with Gasteiger partial charge in [0.25, 0.3) is 0 Å². The van der Waals surface area contributed by atoms with Crippen LogP contribution in [0.1, 0.15) is 0 Å². The molecule has 0 saturated heterocycles. The number of nitrogens with zero attached hydrogens (tertiary/aromatic N) is 4. The van der Waals surface area contributed by atoms with Gasteiger partial charge in [0.15, 0.2) is 0 Å². The molecule has 5 heteroatoms. The van der Waals surface area contributed by atoms with Crippen molar-refractivity contribution in [1.29, 1.82) is 0 Å². The number of fused-ring (bicyclic) bond motifs is 4. The van der Waals surface area contributed by atoms with E-state index in [1.54, 1.807) is 12.4 Å². The molecular formula is C31H21CuN4. The topological polar surface area (TPSA) is 52.8 Å². The fourth-order valence-electron chi connectivity index (χ4n) is 4.38. The van der Waals surface area contributed by atoms with E-state index in [1.807, 2.05) is 60.9 Å². The minimum atomic E-state index is 0. The Hall–Kier alpha value is -4.31. The monoisotopic (exact) mass is 512 g/mol. The molecule has 0 amide bonds. The summed E-state index contributed by atoms with van der Waals surface area (Å²) < 4.78 is 0. The predicted molar refractivity (Wildman–Crippen MR) is 143 cm³/mol. The standard InChI is InChI=1S/C21H13N2.C10H8N2.Cu/c1-2-7-16-15(5-1)13-23-21-17(16)9-4-10-19(21)18-8-3-6-14-11-12-22-20(14)18;1-3-7-11-9(5-1)10-6-2-4-8-12-10;/h1-13H;1-8H;/q-1;;+1. The summed E-state index contributed by atoms with van der Waals surface area (Å²) in [6.45, 7) is 0. The summed E-state index contributed by atoms with van der Waals surface area (Å²) in [7, 11) is 0. The Morgan fingerprint density at radius 3 is 1.89 bits per heavy atom. The van der Waals surface area contributed by atoms with E-state index in [2.05, 4.69) is 69.5 Å². The van der Waals surface area contributed by atoms with Crippen molar-refractivity contribution in [2.75, 3.05) is 0 Å². The second kappa shape index (κ2) is 10.5. The number of rotatable bonds is 2. The first-order valence-electron chi connectivity index (χ1n) is 11.5. The van der Waals surface area contributed by atoms with Crippen LogP contribution in [0.15, 0.2) is 128 Å². The van der Waals surface area contributed by atoms with Crippen molar-refractivity contribution < 1.29 is 17.1 Å². The molecule has 0 spiro atoms. The molecule has 0 aliphatic rings. The third kappa shape index (κ3) is 4.50. The number of para-hydroxylation sites is 2. The van der Waals surface area contributed by atoms with E-state index >= 15 is 0 Å². The largest absolute Gasteiger partial charge is 1.00 e.